The molecule has 21 heavy (non-hydrogen) atoms. The summed E-state index contributed by atoms with van der Waals surface area (Å²) in [5, 5.41) is 3.96. The molecule has 7 heteroatoms. The van der Waals surface area contributed by atoms with Crippen molar-refractivity contribution in [1.82, 2.24) is 15.3 Å². The van der Waals surface area contributed by atoms with Gasteiger partial charge in [0.1, 0.15) is 16.2 Å². The Labute approximate surface area is 128 Å². The predicted molar refractivity (Wildman–Crippen MR) is 87.2 cm³/mol. The third-order valence-electron chi connectivity index (χ3n) is 3.36. The number of rotatable bonds is 4. The molecule has 0 aromatic carbocycles. The third kappa shape index (κ3) is 3.55. The smallest absolute Gasteiger partial charge is 0.178 e. The van der Waals surface area contributed by atoms with Gasteiger partial charge in [0.05, 0.1) is 0 Å². The molecule has 0 amide bonds. The number of nitrogens with one attached hydrogen (secondary N) is 1. The second-order valence-corrected chi connectivity index (χ2v) is 5.66. The van der Waals surface area contributed by atoms with Gasteiger partial charge in [0.25, 0.3) is 0 Å². The second kappa shape index (κ2) is 7.44. The van der Waals surface area contributed by atoms with Crippen molar-refractivity contribution in [2.45, 2.75) is 19.4 Å². The lowest BCUT2D eigenvalue weighted by Gasteiger charge is -2.17. The van der Waals surface area contributed by atoms with Crippen molar-refractivity contribution in [1.29, 1.82) is 0 Å². The fourth-order valence-electron chi connectivity index (χ4n) is 2.47. The van der Waals surface area contributed by atoms with Crippen molar-refractivity contribution in [2.24, 2.45) is 5.73 Å². The van der Waals surface area contributed by atoms with Gasteiger partial charge in [-0.2, -0.15) is 0 Å². The normalized spacial score (nSPS) is 17.7. The largest absolute Gasteiger partial charge is 0.355 e. The number of carbonyl (C=O) groups is 1. The predicted octanol–water partition coefficient (Wildman–Crippen LogP) is 1.27. The van der Waals surface area contributed by atoms with Gasteiger partial charge in [-0.25, -0.2) is 9.97 Å². The molecule has 1 aliphatic rings. The summed E-state index contributed by atoms with van der Waals surface area (Å²) in [4.78, 5) is 22.7. The van der Waals surface area contributed by atoms with Crippen LogP contribution in [0.3, 0.4) is 0 Å². The highest BCUT2D eigenvalue weighted by molar-refractivity contribution is 7.19. The van der Waals surface area contributed by atoms with E-state index in [1.54, 1.807) is 0 Å². The lowest BCUT2D eigenvalue weighted by Crippen LogP contribution is -2.32. The van der Waals surface area contributed by atoms with Gasteiger partial charge in [-0.3, -0.25) is 4.79 Å². The van der Waals surface area contributed by atoms with Crippen LogP contribution >= 0.6 is 11.3 Å². The molecule has 2 aromatic rings. The summed E-state index contributed by atoms with van der Waals surface area (Å²) in [6.45, 7) is 5.15. The summed E-state index contributed by atoms with van der Waals surface area (Å²) in [6, 6.07) is 4.49. The fraction of sp³-hybridized carbons (Fsp3) is 0.500. The van der Waals surface area contributed by atoms with E-state index in [0.717, 1.165) is 48.5 Å². The number of aldehydes is 1. The quantitative estimate of drug-likeness (QED) is 0.828. The first-order valence-electron chi connectivity index (χ1n) is 7.09. The Kier molecular flexibility index (Phi) is 5.60. The van der Waals surface area contributed by atoms with Crippen LogP contribution in [-0.2, 0) is 0 Å². The number of pyridine rings is 1. The molecular formula is C14H21N5OS. The van der Waals surface area contributed by atoms with E-state index in [9.17, 15) is 4.79 Å². The molecule has 1 aliphatic heterocycles. The Bertz CT molecular complexity index is 600. The maximum Gasteiger partial charge on any atom is 0.178 e. The lowest BCUT2D eigenvalue weighted by atomic mass is 10.3. The summed E-state index contributed by atoms with van der Waals surface area (Å²) >= 11 is 1.35. The molecule has 3 N–H and O–H groups in total. The van der Waals surface area contributed by atoms with Crippen molar-refractivity contribution >= 4 is 33.8 Å². The van der Waals surface area contributed by atoms with Crippen LogP contribution in [0, 0.1) is 0 Å². The van der Waals surface area contributed by atoms with E-state index in [-0.39, 0.29) is 0 Å². The monoisotopic (exact) mass is 307 g/mol. The van der Waals surface area contributed by atoms with Crippen molar-refractivity contribution in [3.8, 4) is 0 Å². The Hall–Kier alpha value is -1.57. The van der Waals surface area contributed by atoms with Gasteiger partial charge in [0, 0.05) is 19.1 Å². The summed E-state index contributed by atoms with van der Waals surface area (Å²) < 4.78 is 0. The number of aromatic nitrogens is 2. The number of anilines is 1. The summed E-state index contributed by atoms with van der Waals surface area (Å²) in [6.07, 6.45) is 1.93. The van der Waals surface area contributed by atoms with E-state index in [1.807, 2.05) is 12.1 Å². The van der Waals surface area contributed by atoms with Crippen LogP contribution in [0.1, 0.15) is 23.1 Å². The number of nitrogens with zero attached hydrogens (tertiary/aromatic N) is 3. The molecule has 1 unspecified atom stereocenters. The Balaban J connectivity index is 0.000000774. The minimum Gasteiger partial charge on any atom is -0.355 e. The molecule has 0 bridgehead atoms. The van der Waals surface area contributed by atoms with Crippen molar-refractivity contribution in [3.63, 3.8) is 0 Å². The van der Waals surface area contributed by atoms with Crippen LogP contribution in [0.15, 0.2) is 12.1 Å². The zero-order chi connectivity index (χ0) is 15.2. The molecule has 114 valence electrons. The molecule has 0 radical (unpaired) electrons. The van der Waals surface area contributed by atoms with Crippen LogP contribution in [0.2, 0.25) is 0 Å². The molecule has 1 atom stereocenters. The number of likely N-dealkylation sites (N-methyl/N-ethyl adjacent to an activating group) is 1. The average Bonchev–Trinajstić information content (AvgIpc) is 3.15. The van der Waals surface area contributed by atoms with E-state index >= 15 is 0 Å². The minimum absolute atomic E-state index is 0.492. The SMILES string of the molecule is CCNC1CCN(c2ccc3nc(C=O)sc3n2)C1.CN. The van der Waals surface area contributed by atoms with E-state index in [2.05, 4.69) is 32.8 Å². The molecule has 3 heterocycles. The number of nitrogens with two attached hydrogens (primary N) is 1. The molecular weight excluding hydrogens is 286 g/mol. The number of carbonyl (C=O) groups excluding carboxylic acids is 1. The zero-order valence-corrected chi connectivity index (χ0v) is 13.2. The Morgan fingerprint density at radius 2 is 2.29 bits per heavy atom. The van der Waals surface area contributed by atoms with Gasteiger partial charge in [-0.1, -0.05) is 18.3 Å². The molecule has 3 rings (SSSR count). The molecule has 1 saturated heterocycles. The maximum atomic E-state index is 10.7. The Morgan fingerprint density at radius 1 is 1.48 bits per heavy atom. The van der Waals surface area contributed by atoms with Crippen molar-refractivity contribution in [2.75, 3.05) is 31.6 Å². The van der Waals surface area contributed by atoms with E-state index in [4.69, 9.17) is 0 Å². The average molecular weight is 307 g/mol. The van der Waals surface area contributed by atoms with Crippen LogP contribution in [0.5, 0.6) is 0 Å². The summed E-state index contributed by atoms with van der Waals surface area (Å²) in [7, 11) is 1.50. The van der Waals surface area contributed by atoms with E-state index in [0.29, 0.717) is 11.0 Å². The molecule has 0 saturated carbocycles. The topological polar surface area (TPSA) is 84.1 Å². The first kappa shape index (κ1) is 15.8. The molecule has 1 fully saturated rings. The minimum atomic E-state index is 0.492. The molecule has 0 spiro atoms. The van der Waals surface area contributed by atoms with Gasteiger partial charge in [0.15, 0.2) is 11.3 Å². The zero-order valence-electron chi connectivity index (χ0n) is 12.4. The number of hydrogen-bond acceptors (Lipinski definition) is 7. The van der Waals surface area contributed by atoms with Gasteiger partial charge in [0.2, 0.25) is 0 Å². The highest BCUT2D eigenvalue weighted by Gasteiger charge is 2.22. The van der Waals surface area contributed by atoms with Gasteiger partial charge >= 0.3 is 0 Å². The lowest BCUT2D eigenvalue weighted by molar-refractivity contribution is 0.112. The number of thiazole rings is 1. The van der Waals surface area contributed by atoms with Gasteiger partial charge in [-0.05, 0) is 32.1 Å². The van der Waals surface area contributed by atoms with E-state index in [1.165, 1.54) is 18.4 Å². The summed E-state index contributed by atoms with van der Waals surface area (Å²) in [5.41, 5.74) is 5.30. The van der Waals surface area contributed by atoms with Crippen molar-refractivity contribution < 1.29 is 4.79 Å². The van der Waals surface area contributed by atoms with Crippen LogP contribution < -0.4 is 16.0 Å². The maximum absolute atomic E-state index is 10.7. The van der Waals surface area contributed by atoms with E-state index < -0.39 is 0 Å². The fourth-order valence-corrected chi connectivity index (χ4v) is 3.22. The Morgan fingerprint density at radius 3 is 3.00 bits per heavy atom. The number of hydrogen-bond donors (Lipinski definition) is 2. The third-order valence-corrected chi connectivity index (χ3v) is 4.25. The highest BCUT2D eigenvalue weighted by atomic mass is 32.1. The molecule has 0 aliphatic carbocycles. The van der Waals surface area contributed by atoms with Gasteiger partial charge < -0.3 is 16.0 Å². The highest BCUT2D eigenvalue weighted by Crippen LogP contribution is 2.24. The first-order valence-corrected chi connectivity index (χ1v) is 7.90. The van der Waals surface area contributed by atoms with Crippen LogP contribution in [0.25, 0.3) is 10.3 Å². The second-order valence-electron chi connectivity index (χ2n) is 4.65. The van der Waals surface area contributed by atoms with Gasteiger partial charge in [-0.15, -0.1) is 0 Å². The number of fused-ring (bicyclic) bond motifs is 1. The standard InChI is InChI=1S/C13H16N4OS.CH5N/c1-2-14-9-5-6-17(7-9)11-4-3-10-13(16-11)19-12(8-18)15-10;1-2/h3-4,8-9,14H,2,5-7H2,1H3;2H2,1H3. The van der Waals surface area contributed by atoms with Crippen molar-refractivity contribution in [3.05, 3.63) is 17.1 Å². The summed E-state index contributed by atoms with van der Waals surface area (Å²) in [5.74, 6) is 0.981. The molecule has 6 nitrogen and oxygen atoms in total. The van der Waals surface area contributed by atoms with Crippen LogP contribution in [0.4, 0.5) is 5.82 Å². The van der Waals surface area contributed by atoms with Crippen LogP contribution in [-0.4, -0.2) is 49.0 Å². The first-order chi connectivity index (χ1) is 10.3. The molecule has 2 aromatic heterocycles.